The van der Waals surface area contributed by atoms with Gasteiger partial charge in [-0.05, 0) is 37.8 Å². The predicted octanol–water partition coefficient (Wildman–Crippen LogP) is 4.28. The Morgan fingerprint density at radius 2 is 1.52 bits per heavy atom. The number of rotatable bonds is 11. The van der Waals surface area contributed by atoms with Crippen LogP contribution in [0, 0.1) is 10.1 Å². The van der Waals surface area contributed by atoms with Crippen molar-refractivity contribution in [1.29, 1.82) is 0 Å². The van der Waals surface area contributed by atoms with Crippen LogP contribution in [0.15, 0.2) is 43.5 Å². The number of ether oxygens (including phenoxy) is 2. The van der Waals surface area contributed by atoms with E-state index in [0.29, 0.717) is 13.2 Å². The molecule has 1 aromatic rings. The normalized spacial score (nSPS) is 9.90. The third kappa shape index (κ3) is 5.69. The first-order chi connectivity index (χ1) is 10.2. The lowest BCUT2D eigenvalue weighted by Gasteiger charge is -2.10. The molecule has 5 heteroatoms. The molecule has 0 unspecified atom stereocenters. The standard InChI is InChI=1S/C16H21NO4/c1-3-5-7-12-20-14-10-9-11-15(16(14)17(18)19)21-13-8-6-4-2/h3-4,9-11H,1-2,5-8,12-13H2. The van der Waals surface area contributed by atoms with E-state index in [1.54, 1.807) is 30.4 Å². The van der Waals surface area contributed by atoms with E-state index in [0.717, 1.165) is 25.7 Å². The molecule has 0 radical (unpaired) electrons. The molecule has 0 amide bonds. The van der Waals surface area contributed by atoms with Gasteiger partial charge in [-0.25, -0.2) is 0 Å². The minimum absolute atomic E-state index is 0.116. The van der Waals surface area contributed by atoms with Crippen LogP contribution in [0.1, 0.15) is 25.7 Å². The van der Waals surface area contributed by atoms with Crippen molar-refractivity contribution in [3.63, 3.8) is 0 Å². The molecule has 0 heterocycles. The van der Waals surface area contributed by atoms with Crippen LogP contribution in [0.2, 0.25) is 0 Å². The Kier molecular flexibility index (Phi) is 7.64. The summed E-state index contributed by atoms with van der Waals surface area (Å²) in [5.41, 5.74) is -0.116. The Balaban J connectivity index is 2.75. The molecule has 0 aliphatic rings. The Hall–Kier alpha value is -2.30. The van der Waals surface area contributed by atoms with E-state index in [1.165, 1.54) is 0 Å². The predicted molar refractivity (Wildman–Crippen MR) is 82.9 cm³/mol. The van der Waals surface area contributed by atoms with Crippen LogP contribution in [-0.2, 0) is 0 Å². The summed E-state index contributed by atoms with van der Waals surface area (Å²) in [6.45, 7) is 8.07. The van der Waals surface area contributed by atoms with Gasteiger partial charge in [-0.3, -0.25) is 10.1 Å². The zero-order valence-electron chi connectivity index (χ0n) is 12.1. The summed E-state index contributed by atoms with van der Waals surface area (Å²) in [5, 5.41) is 11.2. The molecule has 5 nitrogen and oxygen atoms in total. The highest BCUT2D eigenvalue weighted by Crippen LogP contribution is 2.36. The molecule has 1 rings (SSSR count). The van der Waals surface area contributed by atoms with Crippen LogP contribution < -0.4 is 9.47 Å². The highest BCUT2D eigenvalue weighted by atomic mass is 16.6. The van der Waals surface area contributed by atoms with Gasteiger partial charge in [0, 0.05) is 0 Å². The summed E-state index contributed by atoms with van der Waals surface area (Å²) >= 11 is 0. The highest BCUT2D eigenvalue weighted by Gasteiger charge is 2.22. The molecule has 0 fully saturated rings. The fourth-order valence-corrected chi connectivity index (χ4v) is 1.73. The van der Waals surface area contributed by atoms with E-state index in [-0.39, 0.29) is 17.2 Å². The Morgan fingerprint density at radius 1 is 1.05 bits per heavy atom. The summed E-state index contributed by atoms with van der Waals surface area (Å²) in [5.74, 6) is 0.482. The second kappa shape index (κ2) is 9.58. The van der Waals surface area contributed by atoms with E-state index in [4.69, 9.17) is 9.47 Å². The molecule has 0 saturated carbocycles. The number of para-hydroxylation sites is 1. The van der Waals surface area contributed by atoms with Crippen LogP contribution in [0.5, 0.6) is 11.5 Å². The number of allylic oxidation sites excluding steroid dienone is 2. The zero-order chi connectivity index (χ0) is 15.5. The van der Waals surface area contributed by atoms with Crippen molar-refractivity contribution < 1.29 is 14.4 Å². The molecule has 0 atom stereocenters. The van der Waals surface area contributed by atoms with Crippen LogP contribution in [0.3, 0.4) is 0 Å². The third-order valence-corrected chi connectivity index (χ3v) is 2.76. The first kappa shape index (κ1) is 16.8. The Labute approximate surface area is 125 Å². The molecule has 0 aliphatic carbocycles. The molecule has 114 valence electrons. The lowest BCUT2D eigenvalue weighted by atomic mass is 10.2. The topological polar surface area (TPSA) is 61.6 Å². The smallest absolute Gasteiger partial charge is 0.352 e. The second-order valence-electron chi connectivity index (χ2n) is 4.42. The summed E-state index contributed by atoms with van der Waals surface area (Å²) in [7, 11) is 0. The quantitative estimate of drug-likeness (QED) is 0.264. The monoisotopic (exact) mass is 291 g/mol. The van der Waals surface area contributed by atoms with Crippen LogP contribution >= 0.6 is 0 Å². The molecule has 0 N–H and O–H groups in total. The zero-order valence-corrected chi connectivity index (χ0v) is 12.1. The fraction of sp³-hybridized carbons (Fsp3) is 0.375. The van der Waals surface area contributed by atoms with Gasteiger partial charge in [0.2, 0.25) is 11.5 Å². The minimum Gasteiger partial charge on any atom is -0.487 e. The molecule has 0 saturated heterocycles. The Morgan fingerprint density at radius 3 is 1.90 bits per heavy atom. The average Bonchev–Trinajstić information content (AvgIpc) is 2.48. The van der Waals surface area contributed by atoms with Gasteiger partial charge in [0.05, 0.1) is 18.1 Å². The summed E-state index contributed by atoms with van der Waals surface area (Å²) in [6, 6.07) is 4.87. The summed E-state index contributed by atoms with van der Waals surface area (Å²) in [6.07, 6.45) is 6.74. The Bertz CT molecular complexity index is 451. The number of benzene rings is 1. The summed E-state index contributed by atoms with van der Waals surface area (Å²) < 4.78 is 11.0. The fourth-order valence-electron chi connectivity index (χ4n) is 1.73. The lowest BCUT2D eigenvalue weighted by molar-refractivity contribution is -0.386. The van der Waals surface area contributed by atoms with E-state index >= 15 is 0 Å². The highest BCUT2D eigenvalue weighted by molar-refractivity contribution is 5.57. The molecule has 0 aromatic heterocycles. The van der Waals surface area contributed by atoms with Crippen molar-refractivity contribution in [1.82, 2.24) is 0 Å². The van der Waals surface area contributed by atoms with Gasteiger partial charge >= 0.3 is 5.69 Å². The number of unbranched alkanes of at least 4 members (excludes halogenated alkanes) is 2. The molecular formula is C16H21NO4. The van der Waals surface area contributed by atoms with Gasteiger partial charge in [-0.2, -0.15) is 0 Å². The summed E-state index contributed by atoms with van der Waals surface area (Å²) in [4.78, 5) is 10.8. The molecule has 0 aliphatic heterocycles. The second-order valence-corrected chi connectivity index (χ2v) is 4.42. The SMILES string of the molecule is C=CCCCOc1cccc(OCCCC=C)c1[N+](=O)[O-]. The van der Waals surface area contributed by atoms with E-state index in [9.17, 15) is 10.1 Å². The lowest BCUT2D eigenvalue weighted by Crippen LogP contribution is -2.04. The van der Waals surface area contributed by atoms with Crippen LogP contribution in [0.25, 0.3) is 0 Å². The van der Waals surface area contributed by atoms with E-state index in [1.807, 2.05) is 0 Å². The van der Waals surface area contributed by atoms with Gasteiger partial charge in [-0.1, -0.05) is 18.2 Å². The van der Waals surface area contributed by atoms with Gasteiger partial charge in [0.25, 0.3) is 0 Å². The average molecular weight is 291 g/mol. The number of nitrogens with zero attached hydrogens (tertiary/aromatic N) is 1. The van der Waals surface area contributed by atoms with Crippen molar-refractivity contribution in [2.24, 2.45) is 0 Å². The molecule has 1 aromatic carbocycles. The number of hydrogen-bond acceptors (Lipinski definition) is 4. The third-order valence-electron chi connectivity index (χ3n) is 2.76. The van der Waals surface area contributed by atoms with E-state index < -0.39 is 4.92 Å². The minimum atomic E-state index is -0.467. The first-order valence-corrected chi connectivity index (χ1v) is 6.95. The van der Waals surface area contributed by atoms with Crippen molar-refractivity contribution in [2.75, 3.05) is 13.2 Å². The maximum atomic E-state index is 11.2. The van der Waals surface area contributed by atoms with Crippen molar-refractivity contribution in [3.05, 3.63) is 53.6 Å². The molecular weight excluding hydrogens is 270 g/mol. The molecule has 0 spiro atoms. The van der Waals surface area contributed by atoms with Gasteiger partial charge in [-0.15, -0.1) is 13.2 Å². The largest absolute Gasteiger partial charge is 0.487 e. The maximum Gasteiger partial charge on any atom is 0.352 e. The van der Waals surface area contributed by atoms with Crippen molar-refractivity contribution in [2.45, 2.75) is 25.7 Å². The van der Waals surface area contributed by atoms with Crippen LogP contribution in [0.4, 0.5) is 5.69 Å². The molecule has 0 bridgehead atoms. The van der Waals surface area contributed by atoms with E-state index in [2.05, 4.69) is 13.2 Å². The number of nitro benzene ring substituents is 1. The van der Waals surface area contributed by atoms with Crippen molar-refractivity contribution in [3.8, 4) is 11.5 Å². The number of hydrogen-bond donors (Lipinski definition) is 0. The van der Waals surface area contributed by atoms with Gasteiger partial charge < -0.3 is 9.47 Å². The number of nitro groups is 1. The first-order valence-electron chi connectivity index (χ1n) is 6.95. The van der Waals surface area contributed by atoms with Crippen LogP contribution in [-0.4, -0.2) is 18.1 Å². The molecule has 21 heavy (non-hydrogen) atoms. The van der Waals surface area contributed by atoms with Crippen molar-refractivity contribution >= 4 is 5.69 Å². The van der Waals surface area contributed by atoms with Gasteiger partial charge in [0.15, 0.2) is 0 Å². The maximum absolute atomic E-state index is 11.2. The van der Waals surface area contributed by atoms with Gasteiger partial charge in [0.1, 0.15) is 0 Å².